The Morgan fingerprint density at radius 3 is 2.92 bits per heavy atom. The number of aliphatic hydroxyl groups excluding tert-OH is 1. The lowest BCUT2D eigenvalue weighted by atomic mass is 9.79. The highest BCUT2D eigenvalue weighted by Crippen LogP contribution is 2.40. The second-order valence-electron chi connectivity index (χ2n) is 8.10. The summed E-state index contributed by atoms with van der Waals surface area (Å²) in [5.41, 5.74) is 10.5. The predicted molar refractivity (Wildman–Crippen MR) is 101 cm³/mol. The number of aryl methyl sites for hydroxylation is 1. The molecule has 0 aromatic heterocycles. The Morgan fingerprint density at radius 1 is 1.29 bits per heavy atom. The van der Waals surface area contributed by atoms with Gasteiger partial charge in [-0.3, -0.25) is 0 Å². The van der Waals surface area contributed by atoms with E-state index < -0.39 is 0 Å². The maximum absolute atomic E-state index is 9.49. The van der Waals surface area contributed by atoms with Crippen molar-refractivity contribution < 1.29 is 5.11 Å². The van der Waals surface area contributed by atoms with E-state index in [9.17, 15) is 5.11 Å². The third-order valence-corrected chi connectivity index (χ3v) is 6.21. The Morgan fingerprint density at radius 2 is 2.17 bits per heavy atom. The van der Waals surface area contributed by atoms with E-state index in [1.165, 1.54) is 44.1 Å². The molecule has 0 amide bonds. The molecule has 0 saturated heterocycles. The van der Waals surface area contributed by atoms with Crippen LogP contribution in [0.4, 0.5) is 0 Å². The number of aliphatic hydroxyl groups is 1. The van der Waals surface area contributed by atoms with Crippen LogP contribution >= 0.6 is 0 Å². The van der Waals surface area contributed by atoms with Crippen molar-refractivity contribution in [1.82, 2.24) is 0 Å². The molecule has 0 radical (unpaired) electrons. The third-order valence-electron chi connectivity index (χ3n) is 6.21. The van der Waals surface area contributed by atoms with E-state index >= 15 is 0 Å². The summed E-state index contributed by atoms with van der Waals surface area (Å²) in [6, 6.07) is 7.15. The minimum absolute atomic E-state index is 0.114. The van der Waals surface area contributed by atoms with Gasteiger partial charge in [0, 0.05) is 5.54 Å². The molecule has 2 aliphatic carbocycles. The van der Waals surface area contributed by atoms with Crippen LogP contribution in [-0.4, -0.2) is 17.3 Å². The number of rotatable bonds is 6. The summed E-state index contributed by atoms with van der Waals surface area (Å²) in [5.74, 6) is 1.40. The summed E-state index contributed by atoms with van der Waals surface area (Å²) in [6.45, 7) is 2.22. The molecule has 3 N–H and O–H groups in total. The number of unbranched alkanes of at least 4 members (excludes halogenated alkanes) is 1. The second kappa shape index (κ2) is 7.84. The van der Waals surface area contributed by atoms with Gasteiger partial charge in [-0.1, -0.05) is 30.4 Å². The number of hydrogen-bond donors (Lipinski definition) is 2. The minimum Gasteiger partial charge on any atom is -0.394 e. The van der Waals surface area contributed by atoms with Crippen molar-refractivity contribution in [3.63, 3.8) is 0 Å². The average molecular weight is 328 g/mol. The zero-order chi connectivity index (χ0) is 17.0. The minimum atomic E-state index is -0.349. The molecular weight excluding hydrogens is 294 g/mol. The molecule has 0 aliphatic heterocycles. The predicted octanol–water partition coefficient (Wildman–Crippen LogP) is 4.50. The molecule has 1 saturated carbocycles. The summed E-state index contributed by atoms with van der Waals surface area (Å²) in [5, 5.41) is 9.49. The van der Waals surface area contributed by atoms with E-state index in [2.05, 4.69) is 37.3 Å². The van der Waals surface area contributed by atoms with Crippen molar-refractivity contribution in [3.05, 3.63) is 47.0 Å². The molecule has 2 heteroatoms. The van der Waals surface area contributed by atoms with Gasteiger partial charge in [-0.2, -0.15) is 0 Å². The van der Waals surface area contributed by atoms with E-state index in [1.54, 1.807) is 11.1 Å². The van der Waals surface area contributed by atoms with Crippen LogP contribution in [0, 0.1) is 5.92 Å². The average Bonchev–Trinajstić information content (AvgIpc) is 3.01. The Kier molecular flexibility index (Phi) is 5.78. The van der Waals surface area contributed by atoms with Crippen LogP contribution < -0.4 is 5.73 Å². The molecule has 0 bridgehead atoms. The Hall–Kier alpha value is -1.12. The Labute approximate surface area is 147 Å². The van der Waals surface area contributed by atoms with Crippen LogP contribution in [0.25, 0.3) is 0 Å². The summed E-state index contributed by atoms with van der Waals surface area (Å²) in [4.78, 5) is 0. The lowest BCUT2D eigenvalue weighted by Crippen LogP contribution is -2.40. The molecule has 0 unspecified atom stereocenters. The van der Waals surface area contributed by atoms with Crippen LogP contribution in [0.15, 0.2) is 30.4 Å². The maximum atomic E-state index is 9.49. The summed E-state index contributed by atoms with van der Waals surface area (Å²) < 4.78 is 0. The number of nitrogens with two attached hydrogens (primary N) is 1. The SMILES string of the molecule is C/C=C\CCC[C@@H]1CCc2cc([C@H]3CC[C@](N)(CO)C3)ccc2C1. The molecule has 2 nitrogen and oxygen atoms in total. The van der Waals surface area contributed by atoms with Gasteiger partial charge in [0.2, 0.25) is 0 Å². The quantitative estimate of drug-likeness (QED) is 0.597. The zero-order valence-corrected chi connectivity index (χ0v) is 15.1. The van der Waals surface area contributed by atoms with Gasteiger partial charge in [0.1, 0.15) is 0 Å². The first-order valence-electron chi connectivity index (χ1n) is 9.76. The van der Waals surface area contributed by atoms with Gasteiger partial charge in [-0.25, -0.2) is 0 Å². The van der Waals surface area contributed by atoms with Gasteiger partial charge in [-0.05, 0) is 93.2 Å². The Balaban J connectivity index is 1.60. The van der Waals surface area contributed by atoms with Gasteiger partial charge in [0.15, 0.2) is 0 Å². The molecular formula is C22H33NO. The fourth-order valence-electron chi connectivity index (χ4n) is 4.63. The highest BCUT2D eigenvalue weighted by Gasteiger charge is 2.36. The van der Waals surface area contributed by atoms with Gasteiger partial charge in [-0.15, -0.1) is 0 Å². The van der Waals surface area contributed by atoms with Gasteiger partial charge in [0.25, 0.3) is 0 Å². The number of hydrogen-bond acceptors (Lipinski definition) is 2. The fourth-order valence-corrected chi connectivity index (χ4v) is 4.63. The molecule has 132 valence electrons. The van der Waals surface area contributed by atoms with Crippen LogP contribution in [0.1, 0.15) is 74.5 Å². The highest BCUT2D eigenvalue weighted by molar-refractivity contribution is 5.36. The highest BCUT2D eigenvalue weighted by atomic mass is 16.3. The first-order chi connectivity index (χ1) is 11.6. The van der Waals surface area contributed by atoms with Crippen LogP contribution in [-0.2, 0) is 12.8 Å². The van der Waals surface area contributed by atoms with Crippen molar-refractivity contribution in [2.75, 3.05) is 6.61 Å². The summed E-state index contributed by atoms with van der Waals surface area (Å²) in [6.07, 6.45) is 15.2. The number of benzene rings is 1. The van der Waals surface area contributed by atoms with Crippen LogP contribution in [0.3, 0.4) is 0 Å². The van der Waals surface area contributed by atoms with Crippen molar-refractivity contribution in [1.29, 1.82) is 0 Å². The topological polar surface area (TPSA) is 46.2 Å². The molecule has 2 aliphatic rings. The molecule has 24 heavy (non-hydrogen) atoms. The van der Waals surface area contributed by atoms with Crippen molar-refractivity contribution in [2.45, 2.75) is 76.2 Å². The lowest BCUT2D eigenvalue weighted by Gasteiger charge is -2.26. The molecule has 3 atom stereocenters. The first-order valence-corrected chi connectivity index (χ1v) is 9.76. The molecule has 1 fully saturated rings. The van der Waals surface area contributed by atoms with Crippen LogP contribution in [0.5, 0.6) is 0 Å². The van der Waals surface area contributed by atoms with E-state index in [0.717, 1.165) is 25.2 Å². The van der Waals surface area contributed by atoms with E-state index in [1.807, 2.05) is 0 Å². The number of allylic oxidation sites excluding steroid dienone is 2. The molecule has 1 aromatic rings. The third kappa shape index (κ3) is 4.10. The van der Waals surface area contributed by atoms with Gasteiger partial charge < -0.3 is 10.8 Å². The van der Waals surface area contributed by atoms with Gasteiger partial charge >= 0.3 is 0 Å². The second-order valence-corrected chi connectivity index (χ2v) is 8.10. The fraction of sp³-hybridized carbons (Fsp3) is 0.636. The molecule has 1 aromatic carbocycles. The standard InChI is InChI=1S/C22H33NO/c1-2-3-4-5-6-17-7-8-19-14-20(10-9-18(19)13-17)21-11-12-22(23,15-21)16-24/h2-3,9-10,14,17,21,24H,4-8,11-13,15-16,23H2,1H3/b3-2-/t17-,21+,22-/m1/s1. The molecule has 0 spiro atoms. The Bertz CT molecular complexity index is 579. The van der Waals surface area contributed by atoms with E-state index in [4.69, 9.17) is 5.73 Å². The van der Waals surface area contributed by atoms with Crippen molar-refractivity contribution in [3.8, 4) is 0 Å². The van der Waals surface area contributed by atoms with Crippen molar-refractivity contribution in [2.24, 2.45) is 11.7 Å². The van der Waals surface area contributed by atoms with E-state index in [-0.39, 0.29) is 12.1 Å². The van der Waals surface area contributed by atoms with Crippen molar-refractivity contribution >= 4 is 0 Å². The summed E-state index contributed by atoms with van der Waals surface area (Å²) in [7, 11) is 0. The number of fused-ring (bicyclic) bond motifs is 1. The normalized spacial score (nSPS) is 30.0. The van der Waals surface area contributed by atoms with Crippen LogP contribution in [0.2, 0.25) is 0 Å². The first kappa shape index (κ1) is 17.7. The van der Waals surface area contributed by atoms with E-state index in [0.29, 0.717) is 5.92 Å². The largest absolute Gasteiger partial charge is 0.394 e. The van der Waals surface area contributed by atoms with Gasteiger partial charge in [0.05, 0.1) is 6.61 Å². The molecule has 0 heterocycles. The zero-order valence-electron chi connectivity index (χ0n) is 15.1. The molecule has 3 rings (SSSR count). The monoisotopic (exact) mass is 327 g/mol. The smallest absolute Gasteiger partial charge is 0.0611 e. The lowest BCUT2D eigenvalue weighted by molar-refractivity contribution is 0.198. The maximum Gasteiger partial charge on any atom is 0.0611 e. The summed E-state index contributed by atoms with van der Waals surface area (Å²) >= 11 is 0.